The zero-order chi connectivity index (χ0) is 19.9. The van der Waals surface area contributed by atoms with Crippen molar-refractivity contribution < 1.29 is 14.6 Å². The Labute approximate surface area is 164 Å². The van der Waals surface area contributed by atoms with Gasteiger partial charge >= 0.3 is 0 Å². The first-order valence-corrected chi connectivity index (χ1v) is 11.4. The minimum Gasteiger partial charge on any atom is -0.404 e. The zero-order valence-electron chi connectivity index (χ0n) is 16.6. The highest BCUT2D eigenvalue weighted by Gasteiger charge is 2.51. The lowest BCUT2D eigenvalue weighted by Gasteiger charge is -2.45. The molecular weight excluding hydrogens is 352 g/mol. The molecule has 0 bridgehead atoms. The molecule has 0 aliphatic carbocycles. The van der Waals surface area contributed by atoms with Gasteiger partial charge in [0.2, 0.25) is 0 Å². The van der Waals surface area contributed by atoms with E-state index in [4.69, 9.17) is 4.43 Å². The van der Waals surface area contributed by atoms with Gasteiger partial charge in [-0.2, -0.15) is 0 Å². The second-order valence-corrected chi connectivity index (χ2v) is 12.3. The Morgan fingerprint density at radius 1 is 1.00 bits per heavy atom. The first-order valence-electron chi connectivity index (χ1n) is 9.54. The summed E-state index contributed by atoms with van der Waals surface area (Å²) in [5.41, 5.74) is 0. The number of aliphatic hydroxyl groups is 2. The van der Waals surface area contributed by atoms with Crippen LogP contribution in [0.25, 0.3) is 0 Å². The molecule has 0 saturated carbocycles. The summed E-state index contributed by atoms with van der Waals surface area (Å²) in [5, 5.41) is 21.7. The van der Waals surface area contributed by atoms with Crippen LogP contribution in [0.2, 0.25) is 5.04 Å². The Balaban J connectivity index is 2.62. The van der Waals surface area contributed by atoms with Crippen molar-refractivity contribution in [1.82, 2.24) is 0 Å². The average Bonchev–Trinajstić information content (AvgIpc) is 2.66. The summed E-state index contributed by atoms with van der Waals surface area (Å²) in [5.74, 6) is 0. The van der Waals surface area contributed by atoms with Crippen LogP contribution in [-0.2, 0) is 4.43 Å². The molecular formula is C23H32O3Si. The monoisotopic (exact) mass is 384 g/mol. The molecule has 0 unspecified atom stereocenters. The number of hydrogen-bond acceptors (Lipinski definition) is 3. The van der Waals surface area contributed by atoms with E-state index in [0.29, 0.717) is 12.8 Å². The Bertz CT molecular complexity index is 655. The summed E-state index contributed by atoms with van der Waals surface area (Å²) in [6.07, 6.45) is 1.82. The lowest BCUT2D eigenvalue weighted by molar-refractivity contribution is 0.0479. The second kappa shape index (κ2) is 9.47. The van der Waals surface area contributed by atoms with Gasteiger partial charge in [-0.15, -0.1) is 6.58 Å². The predicted molar refractivity (Wildman–Crippen MR) is 115 cm³/mol. The molecule has 3 nitrogen and oxygen atoms in total. The fourth-order valence-electron chi connectivity index (χ4n) is 3.70. The van der Waals surface area contributed by atoms with Crippen LogP contribution in [-0.4, -0.2) is 37.3 Å². The summed E-state index contributed by atoms with van der Waals surface area (Å²) in [6.45, 7) is 10.3. The van der Waals surface area contributed by atoms with Crippen molar-refractivity contribution in [2.24, 2.45) is 0 Å². The Morgan fingerprint density at radius 2 is 1.48 bits per heavy atom. The predicted octanol–water partition coefficient (Wildman–Crippen LogP) is 3.25. The van der Waals surface area contributed by atoms with E-state index in [1.165, 1.54) is 10.4 Å². The highest BCUT2D eigenvalue weighted by Crippen LogP contribution is 2.38. The topological polar surface area (TPSA) is 49.7 Å². The third-order valence-corrected chi connectivity index (χ3v) is 10.0. The van der Waals surface area contributed by atoms with E-state index in [1.54, 1.807) is 0 Å². The van der Waals surface area contributed by atoms with Crippen molar-refractivity contribution in [1.29, 1.82) is 0 Å². The van der Waals surface area contributed by atoms with Crippen molar-refractivity contribution in [2.75, 3.05) is 6.61 Å². The lowest BCUT2D eigenvalue weighted by atomic mass is 10.1. The van der Waals surface area contributed by atoms with Gasteiger partial charge in [-0.25, -0.2) is 0 Å². The van der Waals surface area contributed by atoms with Crippen LogP contribution in [0, 0.1) is 0 Å². The third-order valence-electron chi connectivity index (χ3n) is 4.94. The van der Waals surface area contributed by atoms with Crippen LogP contribution in [0.15, 0.2) is 73.3 Å². The molecule has 0 aliphatic rings. The van der Waals surface area contributed by atoms with Gasteiger partial charge in [-0.05, 0) is 21.8 Å². The molecule has 4 heteroatoms. The third kappa shape index (κ3) is 4.96. The molecule has 0 spiro atoms. The lowest BCUT2D eigenvalue weighted by Crippen LogP contribution is -2.67. The zero-order valence-corrected chi connectivity index (χ0v) is 17.6. The van der Waals surface area contributed by atoms with Gasteiger partial charge in [0.15, 0.2) is 0 Å². The summed E-state index contributed by atoms with van der Waals surface area (Å²) < 4.78 is 6.98. The molecule has 2 rings (SSSR count). The van der Waals surface area contributed by atoms with Crippen LogP contribution in [0.1, 0.15) is 33.6 Å². The fourth-order valence-corrected chi connectivity index (χ4v) is 8.40. The van der Waals surface area contributed by atoms with Gasteiger partial charge in [0.1, 0.15) is 0 Å². The maximum absolute atomic E-state index is 10.0. The molecule has 2 N–H and O–H groups in total. The van der Waals surface area contributed by atoms with E-state index in [1.807, 2.05) is 18.2 Å². The Morgan fingerprint density at radius 3 is 1.85 bits per heavy atom. The first kappa shape index (κ1) is 21.6. The van der Waals surface area contributed by atoms with Crippen molar-refractivity contribution in [2.45, 2.75) is 50.9 Å². The molecule has 0 radical (unpaired) electrons. The van der Waals surface area contributed by atoms with Crippen LogP contribution < -0.4 is 10.4 Å². The molecule has 2 aromatic rings. The molecule has 0 heterocycles. The van der Waals surface area contributed by atoms with Gasteiger partial charge in [-0.1, -0.05) is 87.5 Å². The minimum absolute atomic E-state index is 0.126. The standard InChI is InChI=1S/C23H32O3Si/c1-5-12-20(17-19(25)18-24)26-27(23(2,3)4,21-13-8-6-9-14-21)22-15-10-7-11-16-22/h5-11,13-16,19-20,24-25H,1,12,17-18H2,2-4H3/t19-,20+/m0/s1. The summed E-state index contributed by atoms with van der Waals surface area (Å²) in [6, 6.07) is 20.9. The van der Waals surface area contributed by atoms with E-state index in [2.05, 4.69) is 75.9 Å². The number of hydrogen-bond donors (Lipinski definition) is 2. The fraction of sp³-hybridized carbons (Fsp3) is 0.391. The number of rotatable bonds is 9. The van der Waals surface area contributed by atoms with Crippen molar-refractivity contribution >= 4 is 18.7 Å². The molecule has 27 heavy (non-hydrogen) atoms. The highest BCUT2D eigenvalue weighted by atomic mass is 28.4. The first-order chi connectivity index (χ1) is 12.8. The van der Waals surface area contributed by atoms with E-state index in [9.17, 15) is 10.2 Å². The summed E-state index contributed by atoms with van der Waals surface area (Å²) in [7, 11) is -2.67. The molecule has 0 aliphatic heterocycles. The van der Waals surface area contributed by atoms with E-state index in [-0.39, 0.29) is 17.7 Å². The highest BCUT2D eigenvalue weighted by molar-refractivity contribution is 6.99. The van der Waals surface area contributed by atoms with Gasteiger partial charge < -0.3 is 14.6 Å². The minimum atomic E-state index is -2.67. The summed E-state index contributed by atoms with van der Waals surface area (Å²) in [4.78, 5) is 0. The molecule has 0 amide bonds. The van der Waals surface area contributed by atoms with E-state index in [0.717, 1.165) is 0 Å². The van der Waals surface area contributed by atoms with Gasteiger partial charge in [0, 0.05) is 6.42 Å². The van der Waals surface area contributed by atoms with E-state index >= 15 is 0 Å². The molecule has 146 valence electrons. The van der Waals surface area contributed by atoms with Crippen molar-refractivity contribution in [3.05, 3.63) is 73.3 Å². The number of benzene rings is 2. The Kier molecular flexibility index (Phi) is 7.56. The maximum Gasteiger partial charge on any atom is 0.261 e. The van der Waals surface area contributed by atoms with Gasteiger partial charge in [-0.3, -0.25) is 0 Å². The average molecular weight is 385 g/mol. The SMILES string of the molecule is C=CC[C@H](C[C@H](O)CO)O[Si](c1ccccc1)(c1ccccc1)C(C)(C)C. The molecule has 0 fully saturated rings. The van der Waals surface area contributed by atoms with Crippen LogP contribution in [0.4, 0.5) is 0 Å². The molecule has 0 saturated heterocycles. The molecule has 2 aromatic carbocycles. The summed E-state index contributed by atoms with van der Waals surface area (Å²) >= 11 is 0. The normalized spacial score (nSPS) is 14.6. The van der Waals surface area contributed by atoms with E-state index < -0.39 is 14.4 Å². The second-order valence-electron chi connectivity index (χ2n) is 8.00. The van der Waals surface area contributed by atoms with Gasteiger partial charge in [0.05, 0.1) is 18.8 Å². The van der Waals surface area contributed by atoms with Crippen molar-refractivity contribution in [3.8, 4) is 0 Å². The van der Waals surface area contributed by atoms with Crippen LogP contribution >= 0.6 is 0 Å². The smallest absolute Gasteiger partial charge is 0.261 e. The van der Waals surface area contributed by atoms with Crippen molar-refractivity contribution in [3.63, 3.8) is 0 Å². The quantitative estimate of drug-likeness (QED) is 0.515. The largest absolute Gasteiger partial charge is 0.404 e. The van der Waals surface area contributed by atoms with Crippen LogP contribution in [0.3, 0.4) is 0 Å². The van der Waals surface area contributed by atoms with Crippen LogP contribution in [0.5, 0.6) is 0 Å². The maximum atomic E-state index is 10.0. The Hall–Kier alpha value is -1.72. The molecule has 2 atom stereocenters. The van der Waals surface area contributed by atoms with Gasteiger partial charge in [0.25, 0.3) is 8.32 Å². The number of aliphatic hydroxyl groups excluding tert-OH is 2. The molecule has 0 aromatic heterocycles.